The van der Waals surface area contributed by atoms with Crippen molar-refractivity contribution >= 4 is 0 Å². The minimum absolute atomic E-state index is 0.584. The third kappa shape index (κ3) is 1.54. The Kier molecular flexibility index (Phi) is 2.63. The molecule has 5 atom stereocenters. The van der Waals surface area contributed by atoms with Crippen LogP contribution in [0.4, 0.5) is 0 Å². The van der Waals surface area contributed by atoms with Crippen molar-refractivity contribution in [3.63, 3.8) is 0 Å². The van der Waals surface area contributed by atoms with Crippen LogP contribution in [0.15, 0.2) is 12.2 Å². The van der Waals surface area contributed by atoms with Crippen molar-refractivity contribution in [2.45, 2.75) is 78.6 Å². The Bertz CT molecular complexity index is 445. The highest BCUT2D eigenvalue weighted by molar-refractivity contribution is 5.22. The molecule has 20 heavy (non-hydrogen) atoms. The highest BCUT2D eigenvalue weighted by atomic mass is 14.7. The molecule has 0 heteroatoms. The second kappa shape index (κ2) is 3.93. The molecular formula is C20H32. The monoisotopic (exact) mass is 272 g/mol. The van der Waals surface area contributed by atoms with E-state index in [4.69, 9.17) is 0 Å². The number of fused-ring (bicyclic) bond motifs is 3. The molecule has 0 aliphatic heterocycles. The Morgan fingerprint density at radius 2 is 1.75 bits per heavy atom. The normalized spacial score (nSPS) is 53.4. The maximum absolute atomic E-state index is 4.44. The highest BCUT2D eigenvalue weighted by Gasteiger charge is 2.62. The van der Waals surface area contributed by atoms with E-state index in [-0.39, 0.29) is 0 Å². The van der Waals surface area contributed by atoms with Gasteiger partial charge < -0.3 is 0 Å². The molecule has 0 heterocycles. The molecule has 112 valence electrons. The fourth-order valence-corrected chi connectivity index (χ4v) is 7.68. The number of hydrogen-bond acceptors (Lipinski definition) is 0. The lowest BCUT2D eigenvalue weighted by Gasteiger charge is -2.64. The van der Waals surface area contributed by atoms with Crippen LogP contribution in [-0.2, 0) is 0 Å². The van der Waals surface area contributed by atoms with E-state index in [1.165, 1.54) is 57.8 Å². The topological polar surface area (TPSA) is 0 Å². The quantitative estimate of drug-likeness (QED) is 0.476. The zero-order valence-corrected chi connectivity index (χ0v) is 13.8. The van der Waals surface area contributed by atoms with E-state index in [0.717, 1.165) is 17.8 Å². The molecule has 0 aromatic heterocycles. The largest absolute Gasteiger partial charge is 0.0996 e. The molecule has 2 bridgehead atoms. The fourth-order valence-electron chi connectivity index (χ4n) is 7.68. The van der Waals surface area contributed by atoms with Crippen LogP contribution >= 0.6 is 0 Å². The number of allylic oxidation sites excluding steroid dienone is 1. The fraction of sp³-hybridized carbons (Fsp3) is 0.900. The van der Waals surface area contributed by atoms with Gasteiger partial charge in [0.15, 0.2) is 0 Å². The summed E-state index contributed by atoms with van der Waals surface area (Å²) in [5.74, 6) is 2.87. The van der Waals surface area contributed by atoms with Crippen molar-refractivity contribution in [1.82, 2.24) is 0 Å². The van der Waals surface area contributed by atoms with Crippen LogP contribution < -0.4 is 0 Å². The van der Waals surface area contributed by atoms with E-state index < -0.39 is 0 Å². The van der Waals surface area contributed by atoms with Crippen molar-refractivity contribution in [3.8, 4) is 0 Å². The smallest absolute Gasteiger partial charge is 0.0200 e. The minimum Gasteiger partial charge on any atom is -0.0996 e. The van der Waals surface area contributed by atoms with Gasteiger partial charge in [0.05, 0.1) is 0 Å². The summed E-state index contributed by atoms with van der Waals surface area (Å²) in [6.07, 6.45) is 13.3. The van der Waals surface area contributed by atoms with E-state index in [1.807, 2.05) is 0 Å². The van der Waals surface area contributed by atoms with Gasteiger partial charge in [-0.15, -0.1) is 0 Å². The first-order valence-corrected chi connectivity index (χ1v) is 9.05. The standard InChI is InChI=1S/C20H32/c1-14-12-20-11-8-16-18(2,3)9-5-10-19(16,4)17(20)7-6-15(14)13-20/h15-17H,1,5-13H2,2-4H3/t15-,16?,17+,19-,20-/m1/s1. The van der Waals surface area contributed by atoms with E-state index in [1.54, 1.807) is 5.57 Å². The molecule has 0 saturated heterocycles. The van der Waals surface area contributed by atoms with Gasteiger partial charge in [-0.1, -0.05) is 39.3 Å². The summed E-state index contributed by atoms with van der Waals surface area (Å²) in [5, 5.41) is 0. The summed E-state index contributed by atoms with van der Waals surface area (Å²) >= 11 is 0. The van der Waals surface area contributed by atoms with Gasteiger partial charge in [-0.25, -0.2) is 0 Å². The number of hydrogen-bond donors (Lipinski definition) is 0. The summed E-state index contributed by atoms with van der Waals surface area (Å²) < 4.78 is 0. The Morgan fingerprint density at radius 1 is 0.950 bits per heavy atom. The molecule has 1 spiro atoms. The van der Waals surface area contributed by atoms with Gasteiger partial charge in [0.2, 0.25) is 0 Å². The highest BCUT2D eigenvalue weighted by Crippen LogP contribution is 2.72. The van der Waals surface area contributed by atoms with Crippen LogP contribution in [0.1, 0.15) is 78.6 Å². The van der Waals surface area contributed by atoms with Crippen molar-refractivity contribution in [2.24, 2.45) is 34.0 Å². The van der Waals surface area contributed by atoms with Crippen molar-refractivity contribution < 1.29 is 0 Å². The van der Waals surface area contributed by atoms with Gasteiger partial charge in [0.1, 0.15) is 0 Å². The zero-order valence-electron chi connectivity index (χ0n) is 13.8. The van der Waals surface area contributed by atoms with E-state index >= 15 is 0 Å². The molecule has 4 aliphatic carbocycles. The van der Waals surface area contributed by atoms with Crippen LogP contribution in [0.5, 0.6) is 0 Å². The van der Waals surface area contributed by atoms with Crippen LogP contribution in [0, 0.1) is 34.0 Å². The first-order chi connectivity index (χ1) is 9.37. The second-order valence-electron chi connectivity index (χ2n) is 9.67. The molecular weight excluding hydrogens is 240 g/mol. The lowest BCUT2D eigenvalue weighted by Crippen LogP contribution is -2.55. The first-order valence-electron chi connectivity index (χ1n) is 9.05. The molecule has 0 amide bonds. The molecule has 0 aromatic rings. The van der Waals surface area contributed by atoms with Crippen molar-refractivity contribution in [1.29, 1.82) is 0 Å². The second-order valence-corrected chi connectivity index (χ2v) is 9.67. The first kappa shape index (κ1) is 13.4. The predicted molar refractivity (Wildman–Crippen MR) is 85.5 cm³/mol. The average molecular weight is 272 g/mol. The Labute approximate surface area is 125 Å². The van der Waals surface area contributed by atoms with Gasteiger partial charge in [0, 0.05) is 0 Å². The molecule has 4 fully saturated rings. The van der Waals surface area contributed by atoms with Crippen LogP contribution in [0.2, 0.25) is 0 Å². The molecule has 4 aliphatic rings. The van der Waals surface area contributed by atoms with E-state index in [0.29, 0.717) is 16.2 Å². The summed E-state index contributed by atoms with van der Waals surface area (Å²) in [5.41, 5.74) is 3.51. The molecule has 0 nitrogen and oxygen atoms in total. The van der Waals surface area contributed by atoms with E-state index in [2.05, 4.69) is 27.4 Å². The molecule has 0 aromatic carbocycles. The minimum atomic E-state index is 0.584. The third-order valence-electron chi connectivity index (χ3n) is 8.36. The van der Waals surface area contributed by atoms with Crippen LogP contribution in [-0.4, -0.2) is 0 Å². The van der Waals surface area contributed by atoms with Crippen molar-refractivity contribution in [2.75, 3.05) is 0 Å². The average Bonchev–Trinajstić information content (AvgIpc) is 2.58. The summed E-state index contributed by atoms with van der Waals surface area (Å²) in [4.78, 5) is 0. The van der Waals surface area contributed by atoms with Crippen LogP contribution in [0.25, 0.3) is 0 Å². The van der Waals surface area contributed by atoms with Gasteiger partial charge >= 0.3 is 0 Å². The van der Waals surface area contributed by atoms with Gasteiger partial charge in [-0.2, -0.15) is 0 Å². The molecule has 0 N–H and O–H groups in total. The SMILES string of the molecule is C=C1C[C@@]23CCC4C(C)(C)CCC[C@@]4(C)[C@@H]2CC[C@@H]1C3. The van der Waals surface area contributed by atoms with E-state index in [9.17, 15) is 0 Å². The maximum Gasteiger partial charge on any atom is -0.0200 e. The Hall–Kier alpha value is -0.260. The lowest BCUT2D eigenvalue weighted by molar-refractivity contribution is -0.144. The summed E-state index contributed by atoms with van der Waals surface area (Å²) in [6.45, 7) is 12.2. The third-order valence-corrected chi connectivity index (χ3v) is 8.36. The predicted octanol–water partition coefficient (Wildman–Crippen LogP) is 5.98. The Balaban J connectivity index is 1.74. The van der Waals surface area contributed by atoms with Crippen LogP contribution in [0.3, 0.4) is 0 Å². The lowest BCUT2D eigenvalue weighted by atomic mass is 9.41. The number of rotatable bonds is 0. The van der Waals surface area contributed by atoms with Gasteiger partial charge in [-0.05, 0) is 85.4 Å². The zero-order chi connectivity index (χ0) is 14.2. The summed E-state index contributed by atoms with van der Waals surface area (Å²) in [6, 6.07) is 0. The molecule has 1 unspecified atom stereocenters. The summed E-state index contributed by atoms with van der Waals surface area (Å²) in [7, 11) is 0. The molecule has 4 rings (SSSR count). The molecule has 0 radical (unpaired) electrons. The maximum atomic E-state index is 4.44. The molecule has 4 saturated carbocycles. The van der Waals surface area contributed by atoms with Gasteiger partial charge in [-0.3, -0.25) is 0 Å². The van der Waals surface area contributed by atoms with Crippen molar-refractivity contribution in [3.05, 3.63) is 12.2 Å². The van der Waals surface area contributed by atoms with Gasteiger partial charge in [0.25, 0.3) is 0 Å². The Morgan fingerprint density at radius 3 is 2.55 bits per heavy atom.